The number of Topliss-reactive ketones (excluding diaryl/α,β-unsaturated/α-hetero) is 1. The Hall–Kier alpha value is -1.27. The van der Waals surface area contributed by atoms with Crippen LogP contribution in [-0.4, -0.2) is 11.5 Å². The van der Waals surface area contributed by atoms with Crippen molar-refractivity contribution in [1.29, 1.82) is 5.26 Å². The molecule has 1 rings (SSSR count). The Bertz CT molecular complexity index is 446. The molecule has 0 saturated carbocycles. The summed E-state index contributed by atoms with van der Waals surface area (Å²) in [4.78, 5) is 12.4. The van der Waals surface area contributed by atoms with Crippen LogP contribution in [0.1, 0.15) is 43.1 Å². The normalized spacial score (nSPS) is 10.3. The van der Waals surface area contributed by atoms with Gasteiger partial charge in [-0.1, -0.05) is 13.8 Å². The zero-order valence-electron chi connectivity index (χ0n) is 10.5. The van der Waals surface area contributed by atoms with Crippen LogP contribution in [-0.2, 0) is 0 Å². The maximum Gasteiger partial charge on any atom is 0.160 e. The summed E-state index contributed by atoms with van der Waals surface area (Å²) in [5, 5.41) is 8.86. The van der Waals surface area contributed by atoms with Crippen molar-refractivity contribution < 1.29 is 4.79 Å². The second-order valence-electron chi connectivity index (χ2n) is 4.41. The Morgan fingerprint density at radius 3 is 2.71 bits per heavy atom. The van der Waals surface area contributed by atoms with Crippen LogP contribution in [0, 0.1) is 17.2 Å². The van der Waals surface area contributed by atoms with E-state index in [1.165, 1.54) is 0 Å². The average Bonchev–Trinajstić information content (AvgIpc) is 2.28. The Balaban J connectivity index is 2.86. The molecule has 0 atom stereocenters. The molecule has 90 valence electrons. The van der Waals surface area contributed by atoms with E-state index in [-0.39, 0.29) is 5.78 Å². The number of nitrogens with zero attached hydrogens (tertiary/aromatic N) is 1. The van der Waals surface area contributed by atoms with Gasteiger partial charge in [-0.15, -0.1) is 11.8 Å². The molecular formula is C14H17NOS. The number of rotatable bonds is 5. The second-order valence-corrected chi connectivity index (χ2v) is 5.55. The van der Waals surface area contributed by atoms with Gasteiger partial charge in [0.15, 0.2) is 5.78 Å². The van der Waals surface area contributed by atoms with Gasteiger partial charge in [0, 0.05) is 10.5 Å². The fraction of sp³-hybridized carbons (Fsp3) is 0.429. The molecule has 17 heavy (non-hydrogen) atoms. The number of carbonyl (C=O) groups is 1. The third-order valence-corrected chi connectivity index (χ3v) is 3.53. The largest absolute Gasteiger partial charge is 0.294 e. The Morgan fingerprint density at radius 1 is 1.47 bits per heavy atom. The molecule has 0 heterocycles. The molecule has 0 unspecified atom stereocenters. The Labute approximate surface area is 107 Å². The summed E-state index contributed by atoms with van der Waals surface area (Å²) < 4.78 is 0. The highest BCUT2D eigenvalue weighted by Crippen LogP contribution is 2.26. The SMILES string of the molecule is CC(=O)c1ccc(C#N)cc1SCCC(C)C. The molecule has 0 aliphatic heterocycles. The van der Waals surface area contributed by atoms with E-state index in [2.05, 4.69) is 19.9 Å². The monoisotopic (exact) mass is 247 g/mol. The predicted octanol–water partition coefficient (Wildman–Crippen LogP) is 3.90. The van der Waals surface area contributed by atoms with E-state index < -0.39 is 0 Å². The number of hydrogen-bond acceptors (Lipinski definition) is 3. The fourth-order valence-corrected chi connectivity index (χ4v) is 2.79. The first-order valence-electron chi connectivity index (χ1n) is 5.72. The topological polar surface area (TPSA) is 40.9 Å². The van der Waals surface area contributed by atoms with Gasteiger partial charge in [-0.2, -0.15) is 5.26 Å². The van der Waals surface area contributed by atoms with Crippen LogP contribution >= 0.6 is 11.8 Å². The minimum absolute atomic E-state index is 0.0570. The molecule has 0 aliphatic rings. The number of hydrogen-bond donors (Lipinski definition) is 0. The standard InChI is InChI=1S/C14H17NOS/c1-10(2)6-7-17-14-8-12(9-15)4-5-13(14)11(3)16/h4-5,8,10H,6-7H2,1-3H3. The molecular weight excluding hydrogens is 230 g/mol. The first kappa shape index (κ1) is 13.8. The first-order valence-corrected chi connectivity index (χ1v) is 6.71. The third-order valence-electron chi connectivity index (χ3n) is 2.44. The highest BCUT2D eigenvalue weighted by Gasteiger charge is 2.09. The van der Waals surface area contributed by atoms with Crippen molar-refractivity contribution in [3.05, 3.63) is 29.3 Å². The molecule has 1 aromatic rings. The molecule has 2 nitrogen and oxygen atoms in total. The number of benzene rings is 1. The smallest absolute Gasteiger partial charge is 0.160 e. The summed E-state index contributed by atoms with van der Waals surface area (Å²) in [6.45, 7) is 5.92. The van der Waals surface area contributed by atoms with Crippen molar-refractivity contribution in [2.75, 3.05) is 5.75 Å². The van der Waals surface area contributed by atoms with E-state index in [1.54, 1.807) is 30.8 Å². The van der Waals surface area contributed by atoms with E-state index in [9.17, 15) is 4.79 Å². The van der Waals surface area contributed by atoms with Crippen LogP contribution in [0.5, 0.6) is 0 Å². The molecule has 0 spiro atoms. The van der Waals surface area contributed by atoms with Gasteiger partial charge in [0.05, 0.1) is 11.6 Å². The maximum atomic E-state index is 11.5. The summed E-state index contributed by atoms with van der Waals surface area (Å²) in [6, 6.07) is 7.36. The first-order chi connectivity index (χ1) is 8.04. The molecule has 0 saturated heterocycles. The maximum absolute atomic E-state index is 11.5. The predicted molar refractivity (Wildman–Crippen MR) is 71.3 cm³/mol. The van der Waals surface area contributed by atoms with Crippen LogP contribution < -0.4 is 0 Å². The van der Waals surface area contributed by atoms with E-state index in [1.807, 2.05) is 6.07 Å². The summed E-state index contributed by atoms with van der Waals surface area (Å²) in [5.74, 6) is 1.69. The molecule has 0 radical (unpaired) electrons. The summed E-state index contributed by atoms with van der Waals surface area (Å²) in [5.41, 5.74) is 1.33. The van der Waals surface area contributed by atoms with Crippen molar-refractivity contribution >= 4 is 17.5 Å². The lowest BCUT2D eigenvalue weighted by atomic mass is 10.1. The van der Waals surface area contributed by atoms with Gasteiger partial charge in [0.1, 0.15) is 0 Å². The van der Waals surface area contributed by atoms with Crippen LogP contribution in [0.25, 0.3) is 0 Å². The van der Waals surface area contributed by atoms with Gasteiger partial charge < -0.3 is 0 Å². The van der Waals surface area contributed by atoms with Gasteiger partial charge in [-0.3, -0.25) is 4.79 Å². The lowest BCUT2D eigenvalue weighted by molar-refractivity contribution is 0.101. The number of nitriles is 1. The molecule has 0 amide bonds. The van der Waals surface area contributed by atoms with E-state index in [0.29, 0.717) is 11.5 Å². The lowest BCUT2D eigenvalue weighted by Crippen LogP contribution is -1.97. The molecule has 0 aromatic heterocycles. The van der Waals surface area contributed by atoms with Gasteiger partial charge in [-0.05, 0) is 43.2 Å². The molecule has 1 aromatic carbocycles. The van der Waals surface area contributed by atoms with Crippen molar-refractivity contribution in [2.24, 2.45) is 5.92 Å². The zero-order chi connectivity index (χ0) is 12.8. The van der Waals surface area contributed by atoms with Crippen LogP contribution in [0.3, 0.4) is 0 Å². The van der Waals surface area contributed by atoms with Crippen LogP contribution in [0.15, 0.2) is 23.1 Å². The van der Waals surface area contributed by atoms with E-state index in [0.717, 1.165) is 22.6 Å². The molecule has 0 N–H and O–H groups in total. The molecule has 0 bridgehead atoms. The summed E-state index contributed by atoms with van der Waals surface area (Å²) in [7, 11) is 0. The van der Waals surface area contributed by atoms with Crippen molar-refractivity contribution in [3.8, 4) is 6.07 Å². The summed E-state index contributed by atoms with van der Waals surface area (Å²) >= 11 is 1.66. The van der Waals surface area contributed by atoms with Gasteiger partial charge in [-0.25, -0.2) is 0 Å². The number of thioether (sulfide) groups is 1. The van der Waals surface area contributed by atoms with E-state index >= 15 is 0 Å². The third kappa shape index (κ3) is 4.24. The zero-order valence-corrected chi connectivity index (χ0v) is 11.3. The van der Waals surface area contributed by atoms with Crippen molar-refractivity contribution in [2.45, 2.75) is 32.1 Å². The number of carbonyl (C=O) groups excluding carboxylic acids is 1. The minimum atomic E-state index is 0.0570. The summed E-state index contributed by atoms with van der Waals surface area (Å²) in [6.07, 6.45) is 1.11. The van der Waals surface area contributed by atoms with Crippen molar-refractivity contribution in [3.63, 3.8) is 0 Å². The lowest BCUT2D eigenvalue weighted by Gasteiger charge is -2.08. The van der Waals surface area contributed by atoms with E-state index in [4.69, 9.17) is 5.26 Å². The minimum Gasteiger partial charge on any atom is -0.294 e. The van der Waals surface area contributed by atoms with Gasteiger partial charge in [0.25, 0.3) is 0 Å². The molecule has 0 fully saturated rings. The van der Waals surface area contributed by atoms with Crippen LogP contribution in [0.4, 0.5) is 0 Å². The molecule has 0 aliphatic carbocycles. The fourth-order valence-electron chi connectivity index (χ4n) is 1.41. The van der Waals surface area contributed by atoms with Gasteiger partial charge in [0.2, 0.25) is 0 Å². The quantitative estimate of drug-likeness (QED) is 0.585. The highest BCUT2D eigenvalue weighted by molar-refractivity contribution is 7.99. The Kier molecular flexibility index (Phi) is 5.24. The second kappa shape index (κ2) is 6.46. The highest BCUT2D eigenvalue weighted by atomic mass is 32.2. The van der Waals surface area contributed by atoms with Crippen molar-refractivity contribution in [1.82, 2.24) is 0 Å². The molecule has 3 heteroatoms. The number of ketones is 1. The Morgan fingerprint density at radius 2 is 2.18 bits per heavy atom. The van der Waals surface area contributed by atoms with Gasteiger partial charge >= 0.3 is 0 Å². The van der Waals surface area contributed by atoms with Crippen LogP contribution in [0.2, 0.25) is 0 Å². The average molecular weight is 247 g/mol.